The van der Waals surface area contributed by atoms with E-state index in [0.717, 1.165) is 25.3 Å². The fraction of sp³-hybridized carbons (Fsp3) is 0.538. The van der Waals surface area contributed by atoms with E-state index in [-0.39, 0.29) is 11.5 Å². The molecular weight excluding hydrogens is 210 g/mol. The van der Waals surface area contributed by atoms with Crippen molar-refractivity contribution in [2.75, 3.05) is 0 Å². The second-order valence-corrected chi connectivity index (χ2v) is 4.66. The van der Waals surface area contributed by atoms with Gasteiger partial charge in [-0.2, -0.15) is 0 Å². The minimum atomic E-state index is -0.908. The molecule has 0 heterocycles. The lowest BCUT2D eigenvalue weighted by molar-refractivity contribution is 0.0859. The first-order valence-electron chi connectivity index (χ1n) is 5.73. The zero-order chi connectivity index (χ0) is 11.7. The first-order valence-corrected chi connectivity index (χ1v) is 5.73. The third-order valence-electron chi connectivity index (χ3n) is 3.63. The Hall–Kier alpha value is -0.960. The van der Waals surface area contributed by atoms with E-state index in [1.165, 1.54) is 12.1 Å². The van der Waals surface area contributed by atoms with Gasteiger partial charge in [-0.3, -0.25) is 0 Å². The van der Waals surface area contributed by atoms with Crippen molar-refractivity contribution in [1.82, 2.24) is 0 Å². The van der Waals surface area contributed by atoms with E-state index in [1.807, 2.05) is 0 Å². The third kappa shape index (κ3) is 1.96. The lowest BCUT2D eigenvalue weighted by Crippen LogP contribution is -2.16. The summed E-state index contributed by atoms with van der Waals surface area (Å²) in [6, 6.07) is 3.98. The van der Waals surface area contributed by atoms with Gasteiger partial charge in [0.05, 0.1) is 6.10 Å². The summed E-state index contributed by atoms with van der Waals surface area (Å²) in [6.45, 7) is 2.05. The van der Waals surface area contributed by atoms with Crippen LogP contribution in [-0.2, 0) is 0 Å². The molecule has 1 aromatic carbocycles. The van der Waals surface area contributed by atoms with Gasteiger partial charge in [-0.25, -0.2) is 8.78 Å². The van der Waals surface area contributed by atoms with Gasteiger partial charge in [0.15, 0.2) is 11.6 Å². The molecule has 88 valence electrons. The number of hydrogen-bond donors (Lipinski definition) is 1. The second-order valence-electron chi connectivity index (χ2n) is 4.66. The zero-order valence-corrected chi connectivity index (χ0v) is 9.29. The molecule has 0 saturated heterocycles. The molecular formula is C13H16F2O. The number of aliphatic hydroxyl groups excluding tert-OH is 1. The molecule has 1 fully saturated rings. The van der Waals surface area contributed by atoms with Crippen LogP contribution in [0.3, 0.4) is 0 Å². The Morgan fingerprint density at radius 2 is 2.06 bits per heavy atom. The van der Waals surface area contributed by atoms with Crippen molar-refractivity contribution in [3.05, 3.63) is 35.4 Å². The lowest BCUT2D eigenvalue weighted by atomic mass is 9.88. The van der Waals surface area contributed by atoms with Crippen LogP contribution in [0.4, 0.5) is 8.78 Å². The van der Waals surface area contributed by atoms with Crippen LogP contribution in [0.1, 0.15) is 37.9 Å². The Labute approximate surface area is 94.1 Å². The first-order chi connectivity index (χ1) is 7.61. The molecule has 1 aliphatic rings. The third-order valence-corrected chi connectivity index (χ3v) is 3.63. The summed E-state index contributed by atoms with van der Waals surface area (Å²) in [5.74, 6) is -1.37. The van der Waals surface area contributed by atoms with Crippen molar-refractivity contribution < 1.29 is 13.9 Å². The summed E-state index contributed by atoms with van der Waals surface area (Å²) in [4.78, 5) is 0. The van der Waals surface area contributed by atoms with Crippen LogP contribution in [0.5, 0.6) is 0 Å². The molecule has 3 atom stereocenters. The van der Waals surface area contributed by atoms with E-state index >= 15 is 0 Å². The fourth-order valence-electron chi connectivity index (χ4n) is 2.62. The molecule has 1 N–H and O–H groups in total. The first kappa shape index (κ1) is 11.5. The Balaban J connectivity index is 2.26. The molecule has 1 saturated carbocycles. The van der Waals surface area contributed by atoms with Gasteiger partial charge in [-0.1, -0.05) is 31.9 Å². The molecule has 3 heteroatoms. The van der Waals surface area contributed by atoms with Gasteiger partial charge in [-0.05, 0) is 24.3 Å². The van der Waals surface area contributed by atoms with Crippen molar-refractivity contribution in [2.45, 2.75) is 32.3 Å². The van der Waals surface area contributed by atoms with Crippen LogP contribution in [0.25, 0.3) is 0 Å². The van der Waals surface area contributed by atoms with Crippen LogP contribution in [0, 0.1) is 23.5 Å². The highest BCUT2D eigenvalue weighted by atomic mass is 19.2. The second kappa shape index (κ2) is 4.50. The molecule has 1 aliphatic carbocycles. The average molecular weight is 226 g/mol. The van der Waals surface area contributed by atoms with Gasteiger partial charge in [0, 0.05) is 5.56 Å². The van der Waals surface area contributed by atoms with Gasteiger partial charge >= 0.3 is 0 Å². The van der Waals surface area contributed by atoms with Crippen molar-refractivity contribution in [3.8, 4) is 0 Å². The van der Waals surface area contributed by atoms with E-state index < -0.39 is 17.7 Å². The predicted octanol–water partition coefficient (Wildman–Crippen LogP) is 3.43. The molecule has 0 aromatic heterocycles. The number of rotatable bonds is 2. The summed E-state index contributed by atoms with van der Waals surface area (Å²) in [5.41, 5.74) is 0.0961. The molecule has 0 aliphatic heterocycles. The summed E-state index contributed by atoms with van der Waals surface area (Å²) >= 11 is 0. The monoisotopic (exact) mass is 226 g/mol. The van der Waals surface area contributed by atoms with E-state index in [0.29, 0.717) is 5.92 Å². The topological polar surface area (TPSA) is 20.2 Å². The van der Waals surface area contributed by atoms with Gasteiger partial charge in [0.2, 0.25) is 0 Å². The quantitative estimate of drug-likeness (QED) is 0.819. The van der Waals surface area contributed by atoms with Crippen LogP contribution in [0.15, 0.2) is 18.2 Å². The highest BCUT2D eigenvalue weighted by Crippen LogP contribution is 2.40. The van der Waals surface area contributed by atoms with E-state index in [1.54, 1.807) is 0 Å². The van der Waals surface area contributed by atoms with Gasteiger partial charge < -0.3 is 5.11 Å². The molecule has 0 spiro atoms. The van der Waals surface area contributed by atoms with Gasteiger partial charge in [0.1, 0.15) is 0 Å². The fourth-order valence-corrected chi connectivity index (χ4v) is 2.62. The number of benzene rings is 1. The maximum absolute atomic E-state index is 13.5. The zero-order valence-electron chi connectivity index (χ0n) is 9.29. The van der Waals surface area contributed by atoms with Crippen LogP contribution in [-0.4, -0.2) is 5.11 Å². The summed E-state index contributed by atoms with van der Waals surface area (Å²) in [6.07, 6.45) is 2.12. The van der Waals surface area contributed by atoms with Crippen LogP contribution in [0.2, 0.25) is 0 Å². The molecule has 2 rings (SSSR count). The SMILES string of the molecule is CC1CCCC1C(O)c1cccc(F)c1F. The Kier molecular flexibility index (Phi) is 3.24. The predicted molar refractivity (Wildman–Crippen MR) is 57.8 cm³/mol. The Morgan fingerprint density at radius 1 is 1.31 bits per heavy atom. The van der Waals surface area contributed by atoms with Crippen molar-refractivity contribution in [2.24, 2.45) is 11.8 Å². The average Bonchev–Trinajstić information content (AvgIpc) is 2.68. The van der Waals surface area contributed by atoms with Crippen molar-refractivity contribution >= 4 is 0 Å². The minimum Gasteiger partial charge on any atom is -0.388 e. The maximum Gasteiger partial charge on any atom is 0.164 e. The van der Waals surface area contributed by atoms with Gasteiger partial charge in [0.25, 0.3) is 0 Å². The molecule has 0 amide bonds. The molecule has 0 radical (unpaired) electrons. The molecule has 1 nitrogen and oxygen atoms in total. The normalized spacial score (nSPS) is 27.0. The maximum atomic E-state index is 13.5. The van der Waals surface area contributed by atoms with E-state index in [9.17, 15) is 13.9 Å². The van der Waals surface area contributed by atoms with Crippen LogP contribution >= 0.6 is 0 Å². The number of hydrogen-bond acceptors (Lipinski definition) is 1. The Morgan fingerprint density at radius 3 is 2.69 bits per heavy atom. The summed E-state index contributed by atoms with van der Waals surface area (Å²) < 4.78 is 26.5. The molecule has 1 aromatic rings. The van der Waals surface area contributed by atoms with Crippen LogP contribution < -0.4 is 0 Å². The van der Waals surface area contributed by atoms with E-state index in [4.69, 9.17) is 0 Å². The van der Waals surface area contributed by atoms with Gasteiger partial charge in [-0.15, -0.1) is 0 Å². The smallest absolute Gasteiger partial charge is 0.164 e. The standard InChI is InChI=1S/C13H16F2O/c1-8-4-2-5-9(8)13(16)10-6-3-7-11(14)12(10)15/h3,6-9,13,16H,2,4-5H2,1H3. The molecule has 0 bridgehead atoms. The van der Waals surface area contributed by atoms with E-state index in [2.05, 4.69) is 6.92 Å². The molecule has 3 unspecified atom stereocenters. The number of halogens is 2. The molecule has 16 heavy (non-hydrogen) atoms. The summed E-state index contributed by atoms with van der Waals surface area (Å²) in [5, 5.41) is 10.1. The highest BCUT2D eigenvalue weighted by molar-refractivity contribution is 5.22. The van der Waals surface area contributed by atoms with Crippen molar-refractivity contribution in [1.29, 1.82) is 0 Å². The Bertz CT molecular complexity index is 378. The lowest BCUT2D eigenvalue weighted by Gasteiger charge is -2.22. The summed E-state index contributed by atoms with van der Waals surface area (Å²) in [7, 11) is 0. The largest absolute Gasteiger partial charge is 0.388 e. The highest BCUT2D eigenvalue weighted by Gasteiger charge is 2.32. The minimum absolute atomic E-state index is 0.0521. The van der Waals surface area contributed by atoms with Crippen molar-refractivity contribution in [3.63, 3.8) is 0 Å². The number of aliphatic hydroxyl groups is 1.